The summed E-state index contributed by atoms with van der Waals surface area (Å²) in [6, 6.07) is 3.77. The number of ether oxygens (including phenoxy) is 1. The maximum Gasteiger partial charge on any atom is 0.307 e. The van der Waals surface area contributed by atoms with Crippen LogP contribution in [0.2, 0.25) is 5.02 Å². The highest BCUT2D eigenvalue weighted by Gasteiger charge is 2.16. The van der Waals surface area contributed by atoms with Gasteiger partial charge in [-0.15, -0.1) is 0 Å². The van der Waals surface area contributed by atoms with E-state index >= 15 is 0 Å². The van der Waals surface area contributed by atoms with Crippen LogP contribution in [0.5, 0.6) is 5.75 Å². The van der Waals surface area contributed by atoms with Crippen LogP contribution in [0.1, 0.15) is 23.7 Å². The van der Waals surface area contributed by atoms with E-state index in [1.165, 1.54) is 25.3 Å². The van der Waals surface area contributed by atoms with Gasteiger partial charge in [0, 0.05) is 11.1 Å². The number of esters is 1. The van der Waals surface area contributed by atoms with Gasteiger partial charge in [0.05, 0.1) is 19.1 Å². The second-order valence-corrected chi connectivity index (χ2v) is 4.25. The molecule has 0 aromatic heterocycles. The van der Waals surface area contributed by atoms with Crippen molar-refractivity contribution in [2.45, 2.75) is 19.4 Å². The fourth-order valence-corrected chi connectivity index (χ4v) is 1.55. The monoisotopic (exact) mass is 271 g/mol. The maximum atomic E-state index is 11.8. The number of carbonyl (C=O) groups is 2. The van der Waals surface area contributed by atoms with Gasteiger partial charge in [-0.3, -0.25) is 9.59 Å². The van der Waals surface area contributed by atoms with Gasteiger partial charge in [-0.2, -0.15) is 0 Å². The zero-order chi connectivity index (χ0) is 13.7. The van der Waals surface area contributed by atoms with Gasteiger partial charge in [0.1, 0.15) is 5.75 Å². The lowest BCUT2D eigenvalue weighted by Gasteiger charge is -2.13. The lowest BCUT2D eigenvalue weighted by molar-refractivity contribution is -0.141. The molecule has 18 heavy (non-hydrogen) atoms. The Bertz CT molecular complexity index is 461. The van der Waals surface area contributed by atoms with Gasteiger partial charge >= 0.3 is 5.97 Å². The molecule has 5 nitrogen and oxygen atoms in total. The van der Waals surface area contributed by atoms with E-state index in [0.717, 1.165) is 0 Å². The molecule has 0 bridgehead atoms. The number of hydrogen-bond donors (Lipinski definition) is 2. The number of phenolic OH excluding ortho intramolecular Hbond substituents is 1. The molecule has 0 aliphatic carbocycles. The van der Waals surface area contributed by atoms with Gasteiger partial charge in [-0.05, 0) is 25.1 Å². The maximum absolute atomic E-state index is 11.8. The number of amides is 1. The molecule has 0 radical (unpaired) electrons. The van der Waals surface area contributed by atoms with Crippen LogP contribution >= 0.6 is 11.6 Å². The normalized spacial score (nSPS) is 11.7. The molecular weight excluding hydrogens is 258 g/mol. The van der Waals surface area contributed by atoms with E-state index in [9.17, 15) is 14.7 Å². The van der Waals surface area contributed by atoms with Crippen molar-refractivity contribution in [1.29, 1.82) is 0 Å². The molecule has 1 aromatic rings. The molecule has 0 saturated carbocycles. The molecule has 1 amide bonds. The van der Waals surface area contributed by atoms with Gasteiger partial charge in [-0.1, -0.05) is 11.6 Å². The number of rotatable bonds is 4. The number of nitrogens with one attached hydrogen (secondary N) is 1. The van der Waals surface area contributed by atoms with Crippen LogP contribution < -0.4 is 5.32 Å². The summed E-state index contributed by atoms with van der Waals surface area (Å²) < 4.78 is 4.49. The van der Waals surface area contributed by atoms with E-state index in [-0.39, 0.29) is 17.7 Å². The molecular formula is C12H14ClNO4. The number of methoxy groups -OCH3 is 1. The molecule has 2 N–H and O–H groups in total. The number of hydrogen-bond acceptors (Lipinski definition) is 4. The molecule has 1 rings (SSSR count). The Morgan fingerprint density at radius 3 is 2.78 bits per heavy atom. The Labute approximate surface area is 110 Å². The van der Waals surface area contributed by atoms with E-state index < -0.39 is 17.9 Å². The lowest BCUT2D eigenvalue weighted by Crippen LogP contribution is -2.34. The average Bonchev–Trinajstić information content (AvgIpc) is 2.31. The average molecular weight is 272 g/mol. The SMILES string of the molecule is COC(=O)CC(C)NC(=O)c1cc(Cl)ccc1O. The van der Waals surface area contributed by atoms with E-state index in [1.54, 1.807) is 6.92 Å². The number of benzene rings is 1. The first kappa shape index (κ1) is 14.3. The van der Waals surface area contributed by atoms with Crippen LogP contribution in [-0.4, -0.2) is 30.1 Å². The molecule has 98 valence electrons. The second-order valence-electron chi connectivity index (χ2n) is 3.82. The van der Waals surface area contributed by atoms with Gasteiger partial charge in [0.25, 0.3) is 5.91 Å². The lowest BCUT2D eigenvalue weighted by atomic mass is 10.1. The van der Waals surface area contributed by atoms with E-state index in [2.05, 4.69) is 10.1 Å². The fraction of sp³-hybridized carbons (Fsp3) is 0.333. The first-order valence-corrected chi connectivity index (χ1v) is 5.68. The van der Waals surface area contributed by atoms with E-state index in [0.29, 0.717) is 5.02 Å². The highest BCUT2D eigenvalue weighted by Crippen LogP contribution is 2.21. The molecule has 1 aromatic carbocycles. The standard InChI is InChI=1S/C12H14ClNO4/c1-7(5-11(16)18-2)14-12(17)9-6-8(13)3-4-10(9)15/h3-4,6-7,15H,5H2,1-2H3,(H,14,17). The highest BCUT2D eigenvalue weighted by molar-refractivity contribution is 6.31. The number of halogens is 1. The molecule has 0 fully saturated rings. The first-order valence-electron chi connectivity index (χ1n) is 5.30. The van der Waals surface area contributed by atoms with Crippen molar-refractivity contribution >= 4 is 23.5 Å². The van der Waals surface area contributed by atoms with Gasteiger partial charge in [0.15, 0.2) is 0 Å². The van der Waals surface area contributed by atoms with Gasteiger partial charge < -0.3 is 15.2 Å². The highest BCUT2D eigenvalue weighted by atomic mass is 35.5. The quantitative estimate of drug-likeness (QED) is 0.818. The van der Waals surface area contributed by atoms with Gasteiger partial charge in [-0.25, -0.2) is 0 Å². The van der Waals surface area contributed by atoms with Crippen LogP contribution in [-0.2, 0) is 9.53 Å². The Morgan fingerprint density at radius 1 is 1.50 bits per heavy atom. The molecule has 0 spiro atoms. The van der Waals surface area contributed by atoms with Crippen molar-refractivity contribution in [3.05, 3.63) is 28.8 Å². The van der Waals surface area contributed by atoms with Gasteiger partial charge in [0.2, 0.25) is 0 Å². The summed E-state index contributed by atoms with van der Waals surface area (Å²) in [5, 5.41) is 12.5. The third kappa shape index (κ3) is 3.92. The van der Waals surface area contributed by atoms with E-state index in [1.807, 2.05) is 0 Å². The predicted molar refractivity (Wildman–Crippen MR) is 66.7 cm³/mol. The van der Waals surface area contributed by atoms with Crippen molar-refractivity contribution in [3.63, 3.8) is 0 Å². The molecule has 0 saturated heterocycles. The largest absolute Gasteiger partial charge is 0.507 e. The first-order chi connectivity index (χ1) is 8.43. The van der Waals surface area contributed by atoms with Crippen LogP contribution in [0.15, 0.2) is 18.2 Å². The van der Waals surface area contributed by atoms with Crippen LogP contribution in [0.25, 0.3) is 0 Å². The molecule has 0 aliphatic rings. The fourth-order valence-electron chi connectivity index (χ4n) is 1.38. The molecule has 1 unspecified atom stereocenters. The zero-order valence-electron chi connectivity index (χ0n) is 10.1. The minimum absolute atomic E-state index is 0.0591. The van der Waals surface area contributed by atoms with Crippen molar-refractivity contribution in [1.82, 2.24) is 5.32 Å². The summed E-state index contributed by atoms with van der Waals surface area (Å²) in [6.45, 7) is 1.66. The van der Waals surface area contributed by atoms with Crippen molar-refractivity contribution in [2.24, 2.45) is 0 Å². The van der Waals surface area contributed by atoms with Crippen molar-refractivity contribution in [2.75, 3.05) is 7.11 Å². The summed E-state index contributed by atoms with van der Waals surface area (Å²) in [4.78, 5) is 22.8. The minimum Gasteiger partial charge on any atom is -0.507 e. The molecule has 6 heteroatoms. The topological polar surface area (TPSA) is 75.6 Å². The summed E-state index contributed by atoms with van der Waals surface area (Å²) in [5.41, 5.74) is 0.0687. The van der Waals surface area contributed by atoms with Crippen LogP contribution in [0.3, 0.4) is 0 Å². The second kappa shape index (κ2) is 6.26. The van der Waals surface area contributed by atoms with Crippen molar-refractivity contribution in [3.8, 4) is 5.75 Å². The molecule has 0 heterocycles. The summed E-state index contributed by atoms with van der Waals surface area (Å²) >= 11 is 5.74. The summed E-state index contributed by atoms with van der Waals surface area (Å²) in [6.07, 6.45) is 0.0591. The number of carbonyl (C=O) groups excluding carboxylic acids is 2. The summed E-state index contributed by atoms with van der Waals surface area (Å²) in [7, 11) is 1.28. The van der Waals surface area contributed by atoms with Crippen molar-refractivity contribution < 1.29 is 19.4 Å². The Morgan fingerprint density at radius 2 is 2.17 bits per heavy atom. The van der Waals surface area contributed by atoms with E-state index in [4.69, 9.17) is 11.6 Å². The number of aromatic hydroxyl groups is 1. The zero-order valence-corrected chi connectivity index (χ0v) is 10.8. The van der Waals surface area contributed by atoms with Crippen LogP contribution in [0.4, 0.5) is 0 Å². The Hall–Kier alpha value is -1.75. The third-order valence-electron chi connectivity index (χ3n) is 2.28. The Kier molecular flexibility index (Phi) is 4.97. The Balaban J connectivity index is 2.70. The predicted octanol–water partition coefficient (Wildman–Crippen LogP) is 1.73. The molecule has 1 atom stereocenters. The van der Waals surface area contributed by atoms with Crippen LogP contribution in [0, 0.1) is 0 Å². The smallest absolute Gasteiger partial charge is 0.307 e. The third-order valence-corrected chi connectivity index (χ3v) is 2.52. The number of phenols is 1. The molecule has 0 aliphatic heterocycles. The minimum atomic E-state index is -0.494. The summed E-state index contributed by atoms with van der Waals surface area (Å²) in [5.74, 6) is -1.08.